The van der Waals surface area contributed by atoms with Gasteiger partial charge in [0.25, 0.3) is 0 Å². The van der Waals surface area contributed by atoms with Crippen molar-refractivity contribution in [3.8, 4) is 0 Å². The first-order valence-corrected chi connectivity index (χ1v) is 7.66. The van der Waals surface area contributed by atoms with Gasteiger partial charge in [-0.2, -0.15) is 0 Å². The predicted octanol–water partition coefficient (Wildman–Crippen LogP) is 3.31. The Labute approximate surface area is 112 Å². The summed E-state index contributed by atoms with van der Waals surface area (Å²) in [6.45, 7) is 3.14. The SMILES string of the molecule is CC1CCN(C(=O)C23CC2C3)c2ccccc2S1. The van der Waals surface area contributed by atoms with Crippen LogP contribution in [0, 0.1) is 11.3 Å². The zero-order chi connectivity index (χ0) is 12.3. The summed E-state index contributed by atoms with van der Waals surface area (Å²) in [4.78, 5) is 16.0. The molecule has 1 heterocycles. The van der Waals surface area contributed by atoms with Crippen molar-refractivity contribution in [1.82, 2.24) is 0 Å². The summed E-state index contributed by atoms with van der Waals surface area (Å²) in [5.41, 5.74) is 1.23. The largest absolute Gasteiger partial charge is 0.311 e. The molecular formula is C15H17NOS. The molecule has 0 spiro atoms. The summed E-state index contributed by atoms with van der Waals surface area (Å²) in [6.07, 6.45) is 3.38. The summed E-state index contributed by atoms with van der Waals surface area (Å²) in [7, 11) is 0. The molecule has 94 valence electrons. The zero-order valence-electron chi connectivity index (χ0n) is 10.6. The number of nitrogens with zero attached hydrogens (tertiary/aromatic N) is 1. The van der Waals surface area contributed by atoms with Gasteiger partial charge >= 0.3 is 0 Å². The van der Waals surface area contributed by atoms with Gasteiger partial charge < -0.3 is 4.90 Å². The number of rotatable bonds is 1. The molecule has 2 saturated carbocycles. The highest BCUT2D eigenvalue weighted by atomic mass is 32.2. The molecule has 2 nitrogen and oxygen atoms in total. The van der Waals surface area contributed by atoms with Crippen molar-refractivity contribution < 1.29 is 4.79 Å². The number of hydrogen-bond donors (Lipinski definition) is 0. The lowest BCUT2D eigenvalue weighted by molar-refractivity contribution is -0.121. The van der Waals surface area contributed by atoms with Crippen LogP contribution in [0.4, 0.5) is 5.69 Å². The third-order valence-electron chi connectivity index (χ3n) is 4.60. The summed E-state index contributed by atoms with van der Waals surface area (Å²) in [5.74, 6) is 1.13. The fourth-order valence-electron chi connectivity index (χ4n) is 3.02. The number of benzene rings is 1. The number of amides is 1. The first-order valence-electron chi connectivity index (χ1n) is 6.78. The van der Waals surface area contributed by atoms with Crippen molar-refractivity contribution in [2.45, 2.75) is 36.3 Å². The van der Waals surface area contributed by atoms with Crippen LogP contribution in [0.25, 0.3) is 0 Å². The third kappa shape index (κ3) is 1.46. The molecule has 0 bridgehead atoms. The highest BCUT2D eigenvalue weighted by molar-refractivity contribution is 8.00. The van der Waals surface area contributed by atoms with E-state index in [1.54, 1.807) is 0 Å². The molecule has 2 fully saturated rings. The van der Waals surface area contributed by atoms with Crippen molar-refractivity contribution in [2.75, 3.05) is 11.4 Å². The molecule has 3 heteroatoms. The van der Waals surface area contributed by atoms with Gasteiger partial charge in [-0.15, -0.1) is 11.8 Å². The first-order chi connectivity index (χ1) is 8.71. The molecule has 1 aliphatic heterocycles. The Hall–Kier alpha value is -0.960. The predicted molar refractivity (Wildman–Crippen MR) is 73.9 cm³/mol. The molecule has 0 N–H and O–H groups in total. The summed E-state index contributed by atoms with van der Waals surface area (Å²) in [5, 5.41) is 0.593. The van der Waals surface area contributed by atoms with E-state index in [2.05, 4.69) is 30.0 Å². The van der Waals surface area contributed by atoms with Crippen molar-refractivity contribution in [3.05, 3.63) is 24.3 Å². The molecule has 1 aromatic rings. The van der Waals surface area contributed by atoms with Gasteiger partial charge in [-0.3, -0.25) is 4.79 Å². The van der Waals surface area contributed by atoms with E-state index >= 15 is 0 Å². The molecule has 0 aromatic heterocycles. The summed E-state index contributed by atoms with van der Waals surface area (Å²) < 4.78 is 0. The molecule has 0 saturated heterocycles. The van der Waals surface area contributed by atoms with Crippen molar-refractivity contribution in [3.63, 3.8) is 0 Å². The average Bonchev–Trinajstić information content (AvgIpc) is 3.19. The van der Waals surface area contributed by atoms with Gasteiger partial charge in [0.2, 0.25) is 5.91 Å². The van der Waals surface area contributed by atoms with Gasteiger partial charge in [-0.05, 0) is 37.3 Å². The van der Waals surface area contributed by atoms with E-state index in [-0.39, 0.29) is 5.41 Å². The number of hydrogen-bond acceptors (Lipinski definition) is 2. The Balaban J connectivity index is 1.72. The highest BCUT2D eigenvalue weighted by Crippen LogP contribution is 2.76. The number of carbonyl (C=O) groups excluding carboxylic acids is 1. The summed E-state index contributed by atoms with van der Waals surface area (Å²) >= 11 is 1.90. The highest BCUT2D eigenvalue weighted by Gasteiger charge is 2.75. The van der Waals surface area contributed by atoms with E-state index in [1.807, 2.05) is 17.8 Å². The van der Waals surface area contributed by atoms with Gasteiger partial charge in [0.05, 0.1) is 11.1 Å². The number of fused-ring (bicyclic) bond motifs is 2. The number of anilines is 1. The van der Waals surface area contributed by atoms with E-state index in [0.29, 0.717) is 11.2 Å². The van der Waals surface area contributed by atoms with Gasteiger partial charge in [0.1, 0.15) is 0 Å². The van der Waals surface area contributed by atoms with Crippen molar-refractivity contribution >= 4 is 23.4 Å². The van der Waals surface area contributed by atoms with Crippen molar-refractivity contribution in [2.24, 2.45) is 11.3 Å². The number of carbonyl (C=O) groups is 1. The van der Waals surface area contributed by atoms with Crippen LogP contribution >= 0.6 is 11.8 Å². The molecular weight excluding hydrogens is 242 g/mol. The van der Waals surface area contributed by atoms with Crippen LogP contribution in [0.3, 0.4) is 0 Å². The third-order valence-corrected chi connectivity index (χ3v) is 5.83. The Morgan fingerprint density at radius 3 is 2.83 bits per heavy atom. The van der Waals surface area contributed by atoms with Crippen LogP contribution in [-0.2, 0) is 4.79 Å². The van der Waals surface area contributed by atoms with Gasteiger partial charge in [0.15, 0.2) is 0 Å². The molecule has 3 aliphatic rings. The average molecular weight is 259 g/mol. The van der Waals surface area contributed by atoms with Gasteiger partial charge in [-0.1, -0.05) is 19.1 Å². The van der Waals surface area contributed by atoms with E-state index < -0.39 is 0 Å². The maximum Gasteiger partial charge on any atom is 0.233 e. The van der Waals surface area contributed by atoms with Crippen LogP contribution in [0.1, 0.15) is 26.2 Å². The monoisotopic (exact) mass is 259 g/mol. The Morgan fingerprint density at radius 2 is 2.11 bits per heavy atom. The van der Waals surface area contributed by atoms with Crippen LogP contribution < -0.4 is 4.90 Å². The second-order valence-electron chi connectivity index (χ2n) is 5.90. The topological polar surface area (TPSA) is 20.3 Å². The molecule has 1 unspecified atom stereocenters. The smallest absolute Gasteiger partial charge is 0.233 e. The second kappa shape index (κ2) is 3.53. The molecule has 0 radical (unpaired) electrons. The normalized spacial score (nSPS) is 36.4. The lowest BCUT2D eigenvalue weighted by Crippen LogP contribution is -2.35. The minimum Gasteiger partial charge on any atom is -0.311 e. The van der Waals surface area contributed by atoms with Crippen LogP contribution in [-0.4, -0.2) is 17.7 Å². The lowest BCUT2D eigenvalue weighted by atomic mass is 10.1. The Morgan fingerprint density at radius 1 is 1.39 bits per heavy atom. The molecule has 2 aliphatic carbocycles. The second-order valence-corrected chi connectivity index (χ2v) is 7.38. The van der Waals surface area contributed by atoms with E-state index in [0.717, 1.165) is 37.4 Å². The zero-order valence-corrected chi connectivity index (χ0v) is 11.4. The molecule has 1 aromatic carbocycles. The molecule has 18 heavy (non-hydrogen) atoms. The minimum atomic E-state index is 0.0886. The van der Waals surface area contributed by atoms with Crippen LogP contribution in [0.15, 0.2) is 29.2 Å². The number of para-hydroxylation sites is 1. The Bertz CT molecular complexity index is 521. The van der Waals surface area contributed by atoms with Crippen LogP contribution in [0.2, 0.25) is 0 Å². The van der Waals surface area contributed by atoms with E-state index in [9.17, 15) is 4.79 Å². The maximum absolute atomic E-state index is 12.7. The standard InChI is InChI=1S/C15H17NOS/c1-10-6-7-16(14(17)15-8-11(15)9-15)12-4-2-3-5-13(12)18-10/h2-5,10-11H,6-9H2,1H3. The van der Waals surface area contributed by atoms with Gasteiger partial charge in [-0.25, -0.2) is 0 Å². The molecule has 4 rings (SSSR count). The maximum atomic E-state index is 12.7. The van der Waals surface area contributed by atoms with E-state index in [1.165, 1.54) is 4.90 Å². The molecule has 1 amide bonds. The first kappa shape index (κ1) is 10.9. The minimum absolute atomic E-state index is 0.0886. The van der Waals surface area contributed by atoms with Gasteiger partial charge in [0, 0.05) is 16.7 Å². The van der Waals surface area contributed by atoms with Crippen LogP contribution in [0.5, 0.6) is 0 Å². The fraction of sp³-hybridized carbons (Fsp3) is 0.533. The summed E-state index contributed by atoms with van der Waals surface area (Å²) in [6, 6.07) is 8.37. The van der Waals surface area contributed by atoms with Crippen molar-refractivity contribution in [1.29, 1.82) is 0 Å². The molecule has 1 atom stereocenters. The quantitative estimate of drug-likeness (QED) is 0.771. The Kier molecular flexibility index (Phi) is 2.14. The fourth-order valence-corrected chi connectivity index (χ4v) is 4.13. The van der Waals surface area contributed by atoms with E-state index in [4.69, 9.17) is 0 Å². The number of thioether (sulfide) groups is 1. The lowest BCUT2D eigenvalue weighted by Gasteiger charge is -2.24.